The lowest BCUT2D eigenvalue weighted by atomic mass is 10.0. The predicted molar refractivity (Wildman–Crippen MR) is 122 cm³/mol. The average Bonchev–Trinajstić information content (AvgIpc) is 2.81. The van der Waals surface area contributed by atoms with Crippen molar-refractivity contribution in [3.05, 3.63) is 54.2 Å². The molecule has 0 saturated carbocycles. The van der Waals surface area contributed by atoms with Crippen molar-refractivity contribution in [2.24, 2.45) is 0 Å². The molecule has 2 aromatic heterocycles. The molecule has 10 heteroatoms. The van der Waals surface area contributed by atoms with Gasteiger partial charge in [-0.05, 0) is 32.0 Å². The molecule has 4 rings (SSSR count). The number of aromatic nitrogens is 3. The van der Waals surface area contributed by atoms with E-state index >= 15 is 0 Å². The second-order valence-corrected chi connectivity index (χ2v) is 9.08. The number of hydrogen-bond acceptors (Lipinski definition) is 8. The monoisotopic (exact) mass is 455 g/mol. The molecule has 0 amide bonds. The molecule has 32 heavy (non-hydrogen) atoms. The van der Waals surface area contributed by atoms with E-state index in [0.717, 1.165) is 35.7 Å². The third kappa shape index (κ3) is 4.51. The lowest BCUT2D eigenvalue weighted by Gasteiger charge is -2.29. The molecule has 0 aliphatic carbocycles. The van der Waals surface area contributed by atoms with Gasteiger partial charge < -0.3 is 14.4 Å². The minimum atomic E-state index is -3.84. The van der Waals surface area contributed by atoms with Gasteiger partial charge in [-0.2, -0.15) is 0 Å². The van der Waals surface area contributed by atoms with E-state index in [-0.39, 0.29) is 4.90 Å². The van der Waals surface area contributed by atoms with Crippen molar-refractivity contribution in [1.82, 2.24) is 15.0 Å². The van der Waals surface area contributed by atoms with Gasteiger partial charge in [-0.15, -0.1) is 0 Å². The maximum atomic E-state index is 13.0. The standard InChI is InChI=1S/C22H25N5O4S/c1-15-20(26-32(28,29)19-6-4-5-18(12-19)30-3)11-17(13-23-15)21-16(2)24-14-25-22(21)27-7-9-31-10-8-27/h4-6,11-14,26H,7-10H2,1-3H3. The fourth-order valence-corrected chi connectivity index (χ4v) is 4.70. The lowest BCUT2D eigenvalue weighted by Crippen LogP contribution is -2.37. The summed E-state index contributed by atoms with van der Waals surface area (Å²) < 4.78 is 39.3. The maximum Gasteiger partial charge on any atom is 0.262 e. The Hall–Kier alpha value is -3.24. The van der Waals surface area contributed by atoms with Gasteiger partial charge in [0.2, 0.25) is 0 Å². The Morgan fingerprint density at radius 3 is 2.59 bits per heavy atom. The molecule has 0 radical (unpaired) electrons. The van der Waals surface area contributed by atoms with E-state index in [2.05, 4.69) is 24.6 Å². The van der Waals surface area contributed by atoms with Gasteiger partial charge in [0.25, 0.3) is 10.0 Å². The summed E-state index contributed by atoms with van der Waals surface area (Å²) in [7, 11) is -2.34. The molecular formula is C22H25N5O4S. The number of benzene rings is 1. The molecule has 3 aromatic rings. The van der Waals surface area contributed by atoms with Crippen molar-refractivity contribution in [2.75, 3.05) is 43.0 Å². The zero-order valence-electron chi connectivity index (χ0n) is 18.2. The number of rotatable bonds is 6. The van der Waals surface area contributed by atoms with Gasteiger partial charge in [0, 0.05) is 36.5 Å². The Bertz CT molecular complexity index is 1230. The van der Waals surface area contributed by atoms with Crippen molar-refractivity contribution in [3.8, 4) is 16.9 Å². The highest BCUT2D eigenvalue weighted by Crippen LogP contribution is 2.33. The highest BCUT2D eigenvalue weighted by Gasteiger charge is 2.22. The predicted octanol–water partition coefficient (Wildman–Crippen LogP) is 2.80. The van der Waals surface area contributed by atoms with Crippen LogP contribution in [0.2, 0.25) is 0 Å². The van der Waals surface area contributed by atoms with E-state index in [0.29, 0.717) is 30.3 Å². The summed E-state index contributed by atoms with van der Waals surface area (Å²) in [6.45, 7) is 6.35. The van der Waals surface area contributed by atoms with Gasteiger partial charge in [0.05, 0.1) is 42.3 Å². The van der Waals surface area contributed by atoms with E-state index in [1.807, 2.05) is 6.92 Å². The van der Waals surface area contributed by atoms with Crippen LogP contribution in [0.4, 0.5) is 11.5 Å². The van der Waals surface area contributed by atoms with Crippen molar-refractivity contribution in [2.45, 2.75) is 18.7 Å². The average molecular weight is 456 g/mol. The molecule has 168 valence electrons. The van der Waals surface area contributed by atoms with E-state index in [4.69, 9.17) is 9.47 Å². The molecule has 0 bridgehead atoms. The first-order chi connectivity index (χ1) is 15.4. The van der Waals surface area contributed by atoms with Gasteiger partial charge in [-0.25, -0.2) is 18.4 Å². The minimum Gasteiger partial charge on any atom is -0.497 e. The molecule has 1 aliphatic rings. The Kier molecular flexibility index (Phi) is 6.24. The van der Waals surface area contributed by atoms with Crippen LogP contribution in [-0.4, -0.2) is 56.8 Å². The van der Waals surface area contributed by atoms with Crippen LogP contribution in [0.15, 0.2) is 47.8 Å². The Balaban J connectivity index is 1.73. The van der Waals surface area contributed by atoms with E-state index in [1.165, 1.54) is 25.6 Å². The first-order valence-corrected chi connectivity index (χ1v) is 11.7. The molecule has 1 saturated heterocycles. The Morgan fingerprint density at radius 2 is 1.84 bits per heavy atom. The van der Waals surface area contributed by atoms with Gasteiger partial charge in [-0.1, -0.05) is 6.07 Å². The SMILES string of the molecule is COc1cccc(S(=O)(=O)Nc2cc(-c3c(C)ncnc3N3CCOCC3)cnc2C)c1. The first kappa shape index (κ1) is 22.0. The lowest BCUT2D eigenvalue weighted by molar-refractivity contribution is 0.122. The summed E-state index contributed by atoms with van der Waals surface area (Å²) in [6.07, 6.45) is 3.26. The molecule has 1 N–H and O–H groups in total. The van der Waals surface area contributed by atoms with Crippen LogP contribution in [0.3, 0.4) is 0 Å². The van der Waals surface area contributed by atoms with E-state index in [1.54, 1.807) is 31.3 Å². The minimum absolute atomic E-state index is 0.106. The highest BCUT2D eigenvalue weighted by atomic mass is 32.2. The fraction of sp³-hybridized carbons (Fsp3) is 0.318. The van der Waals surface area contributed by atoms with Crippen LogP contribution in [0, 0.1) is 13.8 Å². The Labute approximate surface area is 187 Å². The molecule has 0 atom stereocenters. The quantitative estimate of drug-likeness (QED) is 0.605. The second kappa shape index (κ2) is 9.09. The summed E-state index contributed by atoms with van der Waals surface area (Å²) in [5, 5.41) is 0. The molecule has 1 fully saturated rings. The van der Waals surface area contributed by atoms with Crippen LogP contribution in [0.25, 0.3) is 11.1 Å². The third-order valence-electron chi connectivity index (χ3n) is 5.30. The summed E-state index contributed by atoms with van der Waals surface area (Å²) >= 11 is 0. The molecular weight excluding hydrogens is 430 g/mol. The number of aryl methyl sites for hydroxylation is 2. The summed E-state index contributed by atoms with van der Waals surface area (Å²) in [4.78, 5) is 15.6. The number of sulfonamides is 1. The van der Waals surface area contributed by atoms with E-state index < -0.39 is 10.0 Å². The van der Waals surface area contributed by atoms with Crippen LogP contribution in [-0.2, 0) is 14.8 Å². The summed E-state index contributed by atoms with van der Waals surface area (Å²) in [5.74, 6) is 1.25. The normalized spacial score (nSPS) is 14.3. The molecule has 1 aromatic carbocycles. The second-order valence-electron chi connectivity index (χ2n) is 7.40. The number of hydrogen-bond donors (Lipinski definition) is 1. The number of pyridine rings is 1. The third-order valence-corrected chi connectivity index (χ3v) is 6.66. The number of ether oxygens (including phenoxy) is 2. The van der Waals surface area contributed by atoms with E-state index in [9.17, 15) is 8.42 Å². The number of methoxy groups -OCH3 is 1. The molecule has 9 nitrogen and oxygen atoms in total. The summed E-state index contributed by atoms with van der Waals surface area (Å²) in [5.41, 5.74) is 3.29. The first-order valence-electron chi connectivity index (χ1n) is 10.2. The van der Waals surface area contributed by atoms with Crippen LogP contribution in [0.1, 0.15) is 11.4 Å². The molecule has 1 aliphatic heterocycles. The fourth-order valence-electron chi connectivity index (χ4n) is 3.56. The van der Waals surface area contributed by atoms with Gasteiger partial charge >= 0.3 is 0 Å². The van der Waals surface area contributed by atoms with Crippen LogP contribution < -0.4 is 14.4 Å². The molecule has 3 heterocycles. The van der Waals surface area contributed by atoms with Crippen LogP contribution >= 0.6 is 0 Å². The largest absolute Gasteiger partial charge is 0.497 e. The van der Waals surface area contributed by atoms with Crippen LogP contribution in [0.5, 0.6) is 5.75 Å². The number of morpholine rings is 1. The number of nitrogens with one attached hydrogen (secondary N) is 1. The maximum absolute atomic E-state index is 13.0. The number of anilines is 2. The smallest absolute Gasteiger partial charge is 0.262 e. The van der Waals surface area contributed by atoms with Crippen molar-refractivity contribution in [1.29, 1.82) is 0 Å². The number of nitrogens with zero attached hydrogens (tertiary/aromatic N) is 4. The van der Waals surface area contributed by atoms with Gasteiger partial charge in [-0.3, -0.25) is 9.71 Å². The zero-order valence-corrected chi connectivity index (χ0v) is 19.0. The molecule has 0 spiro atoms. The highest BCUT2D eigenvalue weighted by molar-refractivity contribution is 7.92. The van der Waals surface area contributed by atoms with Gasteiger partial charge in [0.1, 0.15) is 17.9 Å². The van der Waals surface area contributed by atoms with Crippen molar-refractivity contribution >= 4 is 21.5 Å². The zero-order chi connectivity index (χ0) is 22.7. The topological polar surface area (TPSA) is 107 Å². The molecule has 0 unspecified atom stereocenters. The summed E-state index contributed by atoms with van der Waals surface area (Å²) in [6, 6.07) is 8.09. The Morgan fingerprint density at radius 1 is 1.06 bits per heavy atom. The van der Waals surface area contributed by atoms with Crippen molar-refractivity contribution in [3.63, 3.8) is 0 Å². The van der Waals surface area contributed by atoms with Crippen molar-refractivity contribution < 1.29 is 17.9 Å². The van der Waals surface area contributed by atoms with Gasteiger partial charge in [0.15, 0.2) is 0 Å².